The molecule has 66 valence electrons. The Bertz CT molecular complexity index is 250. The van der Waals surface area contributed by atoms with Gasteiger partial charge in [0.1, 0.15) is 5.82 Å². The van der Waals surface area contributed by atoms with E-state index in [2.05, 4.69) is 32.8 Å². The second-order valence-electron chi connectivity index (χ2n) is 2.80. The molecule has 1 aromatic heterocycles. The number of nitrogens with zero attached hydrogens (tertiary/aromatic N) is 2. The SMILES string of the molecule is CCC(Br)Cc1ccnc(C)n1. The molecule has 0 aromatic carbocycles. The molecule has 0 radical (unpaired) electrons. The quantitative estimate of drug-likeness (QED) is 0.744. The van der Waals surface area contributed by atoms with Crippen molar-refractivity contribution in [3.05, 3.63) is 23.8 Å². The van der Waals surface area contributed by atoms with Gasteiger partial charge in [-0.05, 0) is 19.4 Å². The Morgan fingerprint density at radius 3 is 2.92 bits per heavy atom. The Morgan fingerprint density at radius 1 is 1.58 bits per heavy atom. The summed E-state index contributed by atoms with van der Waals surface area (Å²) in [5, 5.41) is 0. The first-order chi connectivity index (χ1) is 5.72. The predicted molar refractivity (Wildman–Crippen MR) is 53.5 cm³/mol. The molecule has 0 amide bonds. The Labute approximate surface area is 81.6 Å². The third kappa shape index (κ3) is 2.89. The van der Waals surface area contributed by atoms with E-state index in [0.29, 0.717) is 4.83 Å². The van der Waals surface area contributed by atoms with Gasteiger partial charge < -0.3 is 0 Å². The van der Waals surface area contributed by atoms with E-state index in [-0.39, 0.29) is 0 Å². The Balaban J connectivity index is 2.63. The molecule has 0 bridgehead atoms. The van der Waals surface area contributed by atoms with E-state index in [1.165, 1.54) is 0 Å². The van der Waals surface area contributed by atoms with Crippen LogP contribution in [0.4, 0.5) is 0 Å². The molecule has 1 atom stereocenters. The molecule has 1 aromatic rings. The van der Waals surface area contributed by atoms with Crippen LogP contribution in [0.25, 0.3) is 0 Å². The maximum atomic E-state index is 4.32. The monoisotopic (exact) mass is 228 g/mol. The van der Waals surface area contributed by atoms with Gasteiger partial charge in [0.2, 0.25) is 0 Å². The maximum Gasteiger partial charge on any atom is 0.125 e. The molecule has 1 heterocycles. The van der Waals surface area contributed by atoms with Crippen molar-refractivity contribution < 1.29 is 0 Å². The highest BCUT2D eigenvalue weighted by atomic mass is 79.9. The highest BCUT2D eigenvalue weighted by Gasteiger charge is 2.03. The minimum absolute atomic E-state index is 0.534. The van der Waals surface area contributed by atoms with Crippen LogP contribution in [0.5, 0.6) is 0 Å². The van der Waals surface area contributed by atoms with Gasteiger partial charge in [-0.15, -0.1) is 0 Å². The van der Waals surface area contributed by atoms with Gasteiger partial charge >= 0.3 is 0 Å². The van der Waals surface area contributed by atoms with Crippen molar-refractivity contribution in [2.24, 2.45) is 0 Å². The van der Waals surface area contributed by atoms with Crippen molar-refractivity contribution in [3.8, 4) is 0 Å². The summed E-state index contributed by atoms with van der Waals surface area (Å²) in [6, 6.07) is 1.97. The third-order valence-electron chi connectivity index (χ3n) is 1.71. The Hall–Kier alpha value is -0.440. The van der Waals surface area contributed by atoms with Crippen molar-refractivity contribution in [3.63, 3.8) is 0 Å². The van der Waals surface area contributed by atoms with Crippen LogP contribution in [0, 0.1) is 6.92 Å². The van der Waals surface area contributed by atoms with E-state index in [0.717, 1.165) is 24.4 Å². The standard InChI is InChI=1S/C9H13BrN2/c1-3-8(10)6-9-4-5-11-7(2)12-9/h4-5,8H,3,6H2,1-2H3. The lowest BCUT2D eigenvalue weighted by molar-refractivity contribution is 0.798. The summed E-state index contributed by atoms with van der Waals surface area (Å²) in [6.07, 6.45) is 3.93. The van der Waals surface area contributed by atoms with E-state index < -0.39 is 0 Å². The molecule has 0 aliphatic heterocycles. The van der Waals surface area contributed by atoms with Crippen LogP contribution in [-0.4, -0.2) is 14.8 Å². The number of rotatable bonds is 3. The average Bonchev–Trinajstić information content (AvgIpc) is 2.04. The van der Waals surface area contributed by atoms with Crippen LogP contribution in [0.1, 0.15) is 24.9 Å². The maximum absolute atomic E-state index is 4.32. The highest BCUT2D eigenvalue weighted by Crippen LogP contribution is 2.10. The lowest BCUT2D eigenvalue weighted by Gasteiger charge is -2.05. The van der Waals surface area contributed by atoms with Crippen LogP contribution in [0.2, 0.25) is 0 Å². The number of halogens is 1. The summed E-state index contributed by atoms with van der Waals surface area (Å²) in [5.41, 5.74) is 1.12. The average molecular weight is 229 g/mol. The fraction of sp³-hybridized carbons (Fsp3) is 0.556. The van der Waals surface area contributed by atoms with Gasteiger partial charge in [0.15, 0.2) is 0 Å². The molecule has 0 fully saturated rings. The molecular formula is C9H13BrN2. The van der Waals surface area contributed by atoms with Crippen molar-refractivity contribution in [2.45, 2.75) is 31.5 Å². The first kappa shape index (κ1) is 9.65. The second-order valence-corrected chi connectivity index (χ2v) is 4.10. The minimum atomic E-state index is 0.534. The first-order valence-electron chi connectivity index (χ1n) is 4.15. The summed E-state index contributed by atoms with van der Waals surface area (Å²) in [7, 11) is 0. The van der Waals surface area contributed by atoms with E-state index in [9.17, 15) is 0 Å². The van der Waals surface area contributed by atoms with Gasteiger partial charge in [-0.3, -0.25) is 0 Å². The summed E-state index contributed by atoms with van der Waals surface area (Å²) >= 11 is 3.58. The number of hydrogen-bond donors (Lipinski definition) is 0. The largest absolute Gasteiger partial charge is 0.242 e. The molecule has 3 heteroatoms. The first-order valence-corrected chi connectivity index (χ1v) is 5.06. The van der Waals surface area contributed by atoms with Gasteiger partial charge in [-0.25, -0.2) is 9.97 Å². The fourth-order valence-corrected chi connectivity index (χ4v) is 1.32. The van der Waals surface area contributed by atoms with E-state index in [1.807, 2.05) is 19.2 Å². The zero-order valence-electron chi connectivity index (χ0n) is 7.42. The molecule has 1 unspecified atom stereocenters. The van der Waals surface area contributed by atoms with Crippen LogP contribution < -0.4 is 0 Å². The van der Waals surface area contributed by atoms with Crippen molar-refractivity contribution in [2.75, 3.05) is 0 Å². The number of aryl methyl sites for hydroxylation is 1. The van der Waals surface area contributed by atoms with E-state index in [1.54, 1.807) is 0 Å². The Kier molecular flexibility index (Phi) is 3.66. The summed E-state index contributed by atoms with van der Waals surface area (Å²) in [5.74, 6) is 0.850. The lowest BCUT2D eigenvalue weighted by atomic mass is 10.2. The van der Waals surface area contributed by atoms with Gasteiger partial charge in [-0.2, -0.15) is 0 Å². The number of aromatic nitrogens is 2. The normalized spacial score (nSPS) is 12.9. The van der Waals surface area contributed by atoms with Crippen LogP contribution in [-0.2, 0) is 6.42 Å². The van der Waals surface area contributed by atoms with E-state index in [4.69, 9.17) is 0 Å². The zero-order chi connectivity index (χ0) is 8.97. The minimum Gasteiger partial charge on any atom is -0.242 e. The van der Waals surface area contributed by atoms with Crippen molar-refractivity contribution in [1.82, 2.24) is 9.97 Å². The highest BCUT2D eigenvalue weighted by molar-refractivity contribution is 9.09. The summed E-state index contributed by atoms with van der Waals surface area (Å²) in [6.45, 7) is 4.08. The van der Waals surface area contributed by atoms with Crippen LogP contribution in [0.3, 0.4) is 0 Å². The van der Waals surface area contributed by atoms with Gasteiger partial charge in [0, 0.05) is 23.1 Å². The lowest BCUT2D eigenvalue weighted by Crippen LogP contribution is -2.03. The second kappa shape index (κ2) is 4.55. The molecule has 12 heavy (non-hydrogen) atoms. The Morgan fingerprint density at radius 2 is 2.33 bits per heavy atom. The molecule has 2 nitrogen and oxygen atoms in total. The number of alkyl halides is 1. The fourth-order valence-electron chi connectivity index (χ4n) is 0.990. The topological polar surface area (TPSA) is 25.8 Å². The molecular weight excluding hydrogens is 216 g/mol. The predicted octanol–water partition coefficient (Wildman–Crippen LogP) is 2.50. The van der Waals surface area contributed by atoms with Crippen molar-refractivity contribution in [1.29, 1.82) is 0 Å². The van der Waals surface area contributed by atoms with Crippen LogP contribution >= 0.6 is 15.9 Å². The molecule has 0 aliphatic carbocycles. The third-order valence-corrected chi connectivity index (χ3v) is 2.68. The molecule has 1 rings (SSSR count). The summed E-state index contributed by atoms with van der Waals surface area (Å²) < 4.78 is 0. The molecule has 0 aliphatic rings. The van der Waals surface area contributed by atoms with E-state index >= 15 is 0 Å². The van der Waals surface area contributed by atoms with Crippen molar-refractivity contribution >= 4 is 15.9 Å². The molecule has 0 spiro atoms. The van der Waals surface area contributed by atoms with Gasteiger partial charge in [-0.1, -0.05) is 22.9 Å². The smallest absolute Gasteiger partial charge is 0.125 e. The van der Waals surface area contributed by atoms with Gasteiger partial charge in [0.25, 0.3) is 0 Å². The van der Waals surface area contributed by atoms with Crippen LogP contribution in [0.15, 0.2) is 12.3 Å². The van der Waals surface area contributed by atoms with Gasteiger partial charge in [0.05, 0.1) is 0 Å². The summed E-state index contributed by atoms with van der Waals surface area (Å²) in [4.78, 5) is 8.90. The number of hydrogen-bond acceptors (Lipinski definition) is 2. The molecule has 0 N–H and O–H groups in total. The molecule has 0 saturated heterocycles. The zero-order valence-corrected chi connectivity index (χ0v) is 9.00. The molecule has 0 saturated carbocycles.